The van der Waals surface area contributed by atoms with Gasteiger partial charge < -0.3 is 20.0 Å². The lowest BCUT2D eigenvalue weighted by molar-refractivity contribution is -0.130. The highest BCUT2D eigenvalue weighted by atomic mass is 35.5. The number of aromatic nitrogens is 3. The predicted octanol–water partition coefficient (Wildman–Crippen LogP) is 6.11. The summed E-state index contributed by atoms with van der Waals surface area (Å²) in [6, 6.07) is 13.2. The summed E-state index contributed by atoms with van der Waals surface area (Å²) in [5.41, 5.74) is 2.51. The van der Waals surface area contributed by atoms with E-state index in [-0.39, 0.29) is 33.3 Å². The number of piperidine rings is 2. The quantitative estimate of drug-likeness (QED) is 0.216. The van der Waals surface area contributed by atoms with Crippen LogP contribution in [0.2, 0.25) is 10.0 Å². The normalized spacial score (nSPS) is 20.5. The molecule has 0 spiro atoms. The van der Waals surface area contributed by atoms with Crippen LogP contribution in [0.25, 0.3) is 22.2 Å². The van der Waals surface area contributed by atoms with E-state index < -0.39 is 15.1 Å². The zero-order valence-electron chi connectivity index (χ0n) is 29.2. The van der Waals surface area contributed by atoms with E-state index in [0.717, 1.165) is 57.5 Å². The highest BCUT2D eigenvalue weighted by Gasteiger charge is 2.29. The van der Waals surface area contributed by atoms with Crippen molar-refractivity contribution in [1.29, 1.82) is 0 Å². The van der Waals surface area contributed by atoms with Crippen molar-refractivity contribution in [1.82, 2.24) is 29.2 Å². The number of anilines is 2. The molecular formula is C38H45Cl2N7O3S. The molecule has 2 aromatic carbocycles. The van der Waals surface area contributed by atoms with Crippen LogP contribution in [-0.4, -0.2) is 104 Å². The Morgan fingerprint density at radius 3 is 2.29 bits per heavy atom. The molecule has 13 heteroatoms. The van der Waals surface area contributed by atoms with Crippen LogP contribution in [0.3, 0.4) is 0 Å². The molecule has 2 atom stereocenters. The number of carbonyl (C=O) groups is 1. The number of nitrogens with one attached hydrogen (secondary N) is 1. The molecule has 270 valence electrons. The van der Waals surface area contributed by atoms with Gasteiger partial charge in [0.2, 0.25) is 11.9 Å². The van der Waals surface area contributed by atoms with Gasteiger partial charge in [-0.2, -0.15) is 4.98 Å². The molecule has 1 N–H and O–H groups in total. The van der Waals surface area contributed by atoms with Gasteiger partial charge in [-0.25, -0.2) is 4.98 Å². The third kappa shape index (κ3) is 7.55. The van der Waals surface area contributed by atoms with Crippen molar-refractivity contribution in [2.75, 3.05) is 58.7 Å². The van der Waals surface area contributed by atoms with E-state index in [1.54, 1.807) is 29.3 Å². The van der Waals surface area contributed by atoms with Crippen LogP contribution in [0.15, 0.2) is 58.4 Å². The van der Waals surface area contributed by atoms with Crippen LogP contribution in [0.1, 0.15) is 50.0 Å². The third-order valence-corrected chi connectivity index (χ3v) is 13.9. The first-order chi connectivity index (χ1) is 24.5. The average Bonchev–Trinajstić information content (AvgIpc) is 3.66. The van der Waals surface area contributed by atoms with Gasteiger partial charge in [0.05, 0.1) is 15.6 Å². The molecule has 3 fully saturated rings. The van der Waals surface area contributed by atoms with Gasteiger partial charge in [-0.15, -0.1) is 0 Å². The fourth-order valence-corrected chi connectivity index (χ4v) is 10.5. The standard InChI is InChI=1S/C38H45Cl2N7O3S/c1-44-17-12-29(13-18-44)51(3,50)30-20-32(39)35(33(40)21-30)31-19-27-22-41-38(42-28-10-8-25(9-11-28)26-7-6-14-45(2)23-26)43-36(27)47(37(31)49)24-34(48)46-15-4-5-16-46/h8-11,19-22,26,29H,3-7,12-18,23-24H2,1-2H3,(H,41,42,43). The SMILES string of the molecule is C=S(=O)(c1cc(Cl)c(-c2cc3cnc(Nc4ccc(C5CCCN(C)C5)cc4)nc3n(CC(=O)N3CCCC3)c2=O)c(Cl)c1)C1CCN(C)CC1. The molecule has 3 aliphatic rings. The molecule has 10 nitrogen and oxygen atoms in total. The Balaban J connectivity index is 1.24. The molecule has 4 aromatic rings. The molecule has 3 saturated heterocycles. The van der Waals surface area contributed by atoms with Gasteiger partial charge in [0.15, 0.2) is 0 Å². The van der Waals surface area contributed by atoms with Crippen LogP contribution < -0.4 is 10.9 Å². The Kier molecular flexibility index (Phi) is 10.5. The molecule has 0 saturated carbocycles. The molecule has 7 rings (SSSR count). The number of hydrogen-bond donors (Lipinski definition) is 1. The Bertz CT molecular complexity index is 2090. The first kappa shape index (κ1) is 35.9. The number of fused-ring (bicyclic) bond motifs is 1. The number of rotatable bonds is 8. The van der Waals surface area contributed by atoms with Gasteiger partial charge >= 0.3 is 0 Å². The number of benzene rings is 2. The summed E-state index contributed by atoms with van der Waals surface area (Å²) in [5, 5.41) is 4.12. The average molecular weight is 751 g/mol. The van der Waals surface area contributed by atoms with Gasteiger partial charge in [-0.1, -0.05) is 35.3 Å². The second kappa shape index (κ2) is 14.9. The summed E-state index contributed by atoms with van der Waals surface area (Å²) < 4.78 is 15.4. The minimum absolute atomic E-state index is 0.0991. The van der Waals surface area contributed by atoms with Crippen LogP contribution in [-0.2, 0) is 20.9 Å². The van der Waals surface area contributed by atoms with E-state index >= 15 is 0 Å². The lowest BCUT2D eigenvalue weighted by Gasteiger charge is -2.31. The van der Waals surface area contributed by atoms with Crippen LogP contribution in [0.5, 0.6) is 0 Å². The zero-order chi connectivity index (χ0) is 35.9. The fraction of sp³-hybridized carbons (Fsp3) is 0.447. The van der Waals surface area contributed by atoms with E-state index in [0.29, 0.717) is 46.4 Å². The summed E-state index contributed by atoms with van der Waals surface area (Å²) in [4.78, 5) is 44.1. The van der Waals surface area contributed by atoms with Crippen molar-refractivity contribution >= 4 is 67.2 Å². The van der Waals surface area contributed by atoms with Crippen molar-refractivity contribution in [3.63, 3.8) is 0 Å². The van der Waals surface area contributed by atoms with Crippen molar-refractivity contribution in [3.8, 4) is 11.1 Å². The highest BCUT2D eigenvalue weighted by molar-refractivity contribution is 8.00. The zero-order valence-corrected chi connectivity index (χ0v) is 31.6. The minimum Gasteiger partial charge on any atom is -0.341 e. The largest absolute Gasteiger partial charge is 0.341 e. The van der Waals surface area contributed by atoms with Gasteiger partial charge in [-0.05, 0) is 129 Å². The summed E-state index contributed by atoms with van der Waals surface area (Å²) in [6.45, 7) is 4.98. The molecule has 51 heavy (non-hydrogen) atoms. The third-order valence-electron chi connectivity index (χ3n) is 10.7. The second-order valence-corrected chi connectivity index (χ2v) is 17.8. The Hall–Kier alpha value is -3.48. The minimum atomic E-state index is -2.71. The Morgan fingerprint density at radius 2 is 1.63 bits per heavy atom. The van der Waals surface area contributed by atoms with E-state index in [4.69, 9.17) is 28.2 Å². The molecule has 2 aromatic heterocycles. The van der Waals surface area contributed by atoms with Crippen molar-refractivity contribution in [2.45, 2.75) is 61.1 Å². The maximum Gasteiger partial charge on any atom is 0.260 e. The second-order valence-electron chi connectivity index (χ2n) is 14.3. The first-order valence-electron chi connectivity index (χ1n) is 17.8. The summed E-state index contributed by atoms with van der Waals surface area (Å²) >= 11 is 13.8. The van der Waals surface area contributed by atoms with Gasteiger partial charge in [0, 0.05) is 52.6 Å². The number of carbonyl (C=O) groups excluding carboxylic acids is 1. The number of nitrogens with zero attached hydrogens (tertiary/aromatic N) is 6. The number of halogens is 2. The first-order valence-corrected chi connectivity index (χ1v) is 20.3. The topological polar surface area (TPSA) is 104 Å². The van der Waals surface area contributed by atoms with Crippen LogP contribution in [0.4, 0.5) is 11.6 Å². The van der Waals surface area contributed by atoms with E-state index in [1.807, 2.05) is 12.1 Å². The number of likely N-dealkylation sites (tertiary alicyclic amines) is 3. The number of hydrogen-bond acceptors (Lipinski definition) is 8. The molecular weight excluding hydrogens is 705 g/mol. The monoisotopic (exact) mass is 749 g/mol. The maximum atomic E-state index is 14.4. The van der Waals surface area contributed by atoms with Crippen molar-refractivity contribution in [3.05, 3.63) is 74.6 Å². The van der Waals surface area contributed by atoms with Gasteiger partial charge in [-0.3, -0.25) is 18.4 Å². The van der Waals surface area contributed by atoms with Gasteiger partial charge in [0.1, 0.15) is 12.2 Å². The number of pyridine rings is 1. The summed E-state index contributed by atoms with van der Waals surface area (Å²) in [5.74, 6) is 4.80. The molecule has 2 unspecified atom stereocenters. The van der Waals surface area contributed by atoms with Crippen LogP contribution >= 0.6 is 23.2 Å². The fourth-order valence-electron chi connectivity index (χ4n) is 7.72. The summed E-state index contributed by atoms with van der Waals surface area (Å²) in [7, 11) is 1.51. The molecule has 0 aliphatic carbocycles. The van der Waals surface area contributed by atoms with Gasteiger partial charge in [0.25, 0.3) is 5.56 Å². The maximum absolute atomic E-state index is 14.4. The Morgan fingerprint density at radius 1 is 0.941 bits per heavy atom. The van der Waals surface area contributed by atoms with Crippen molar-refractivity contribution < 1.29 is 9.00 Å². The van der Waals surface area contributed by atoms with E-state index in [9.17, 15) is 13.8 Å². The molecule has 1 amide bonds. The molecule has 0 bridgehead atoms. The molecule has 5 heterocycles. The van der Waals surface area contributed by atoms with Crippen molar-refractivity contribution in [2.24, 2.45) is 0 Å². The highest BCUT2D eigenvalue weighted by Crippen LogP contribution is 2.38. The lowest BCUT2D eigenvalue weighted by atomic mass is 9.91. The number of likely N-dealkylation sites (N-methyl/N-ethyl adjacent to an activating group) is 1. The predicted molar refractivity (Wildman–Crippen MR) is 208 cm³/mol. The molecule has 3 aliphatic heterocycles. The lowest BCUT2D eigenvalue weighted by Crippen LogP contribution is -2.37. The van der Waals surface area contributed by atoms with E-state index in [1.165, 1.54) is 23.0 Å². The van der Waals surface area contributed by atoms with E-state index in [2.05, 4.69) is 52.2 Å². The number of amides is 1. The summed E-state index contributed by atoms with van der Waals surface area (Å²) in [6.07, 6.45) is 7.38. The smallest absolute Gasteiger partial charge is 0.260 e. The Labute approximate surface area is 309 Å². The van der Waals surface area contributed by atoms with Crippen LogP contribution in [0, 0.1) is 0 Å². The molecule has 0 radical (unpaired) electrons.